The molecule has 3 heteroatoms. The Kier molecular flexibility index (Phi) is 7.79. The third-order valence-corrected chi connectivity index (χ3v) is 12.4. The first-order valence-corrected chi connectivity index (χ1v) is 21.0. The van der Waals surface area contributed by atoms with E-state index in [9.17, 15) is 0 Å². The highest BCUT2D eigenvalue weighted by Gasteiger charge is 2.20. The molecule has 0 amide bonds. The highest BCUT2D eigenvalue weighted by Crippen LogP contribution is 2.44. The van der Waals surface area contributed by atoms with Gasteiger partial charge in [0, 0.05) is 49.0 Å². The van der Waals surface area contributed by atoms with Gasteiger partial charge in [0.2, 0.25) is 0 Å². The van der Waals surface area contributed by atoms with E-state index >= 15 is 0 Å². The lowest BCUT2D eigenvalue weighted by Gasteiger charge is -2.13. The molecule has 0 saturated heterocycles. The Morgan fingerprint density at radius 2 is 0.705 bits per heavy atom. The van der Waals surface area contributed by atoms with Crippen LogP contribution in [-0.4, -0.2) is 0 Å². The lowest BCUT2D eigenvalue weighted by Crippen LogP contribution is -1.88. The molecule has 0 spiro atoms. The van der Waals surface area contributed by atoms with Crippen LogP contribution in [0.25, 0.3) is 121 Å². The molecule has 0 bridgehead atoms. The Labute approximate surface area is 353 Å². The summed E-state index contributed by atoms with van der Waals surface area (Å²) in [6.45, 7) is 8.59. The van der Waals surface area contributed by atoms with Crippen LogP contribution in [0.4, 0.5) is 0 Å². The van der Waals surface area contributed by atoms with E-state index in [1.54, 1.807) is 0 Å². The maximum absolute atomic E-state index is 6.79. The van der Waals surface area contributed by atoms with Gasteiger partial charge in [-0.15, -0.1) is 0 Å². The van der Waals surface area contributed by atoms with Crippen LogP contribution in [0.3, 0.4) is 0 Å². The van der Waals surface area contributed by atoms with Gasteiger partial charge in [0.25, 0.3) is 0 Å². The smallest absolute Gasteiger partial charge is 0.143 e. The fraction of sp³-hybridized carbons (Fsp3) is 0.0690. The summed E-state index contributed by atoms with van der Waals surface area (Å²) in [6.07, 6.45) is 0. The number of rotatable bonds is 5. The number of aryl methyl sites for hydroxylation is 4. The topological polar surface area (TPSA) is 39.4 Å². The number of benzene rings is 9. The largest absolute Gasteiger partial charge is 0.455 e. The van der Waals surface area contributed by atoms with Gasteiger partial charge in [0.05, 0.1) is 0 Å². The van der Waals surface area contributed by atoms with E-state index < -0.39 is 0 Å². The van der Waals surface area contributed by atoms with Gasteiger partial charge in [0.15, 0.2) is 0 Å². The van der Waals surface area contributed by atoms with Crippen molar-refractivity contribution in [3.8, 4) is 55.6 Å². The second-order valence-corrected chi connectivity index (χ2v) is 16.8. The van der Waals surface area contributed by atoms with Crippen molar-refractivity contribution in [2.45, 2.75) is 27.7 Å². The molecule has 12 rings (SSSR count). The van der Waals surface area contributed by atoms with Gasteiger partial charge in [-0.25, -0.2) is 0 Å². The van der Waals surface area contributed by atoms with Crippen LogP contribution in [-0.2, 0) is 0 Å². The Hall–Kier alpha value is -7.62. The van der Waals surface area contributed by atoms with Crippen LogP contribution in [0.1, 0.15) is 22.3 Å². The number of furan rings is 3. The quantitative estimate of drug-likeness (QED) is 0.174. The van der Waals surface area contributed by atoms with Crippen LogP contribution in [0.5, 0.6) is 0 Å². The monoisotopic (exact) mass is 784 g/mol. The number of para-hydroxylation sites is 1. The summed E-state index contributed by atoms with van der Waals surface area (Å²) < 4.78 is 19.9. The molecule has 61 heavy (non-hydrogen) atoms. The maximum atomic E-state index is 6.79. The van der Waals surface area contributed by atoms with Crippen LogP contribution in [0.15, 0.2) is 183 Å². The van der Waals surface area contributed by atoms with Gasteiger partial charge < -0.3 is 13.3 Å². The molecule has 0 N–H and O–H groups in total. The Morgan fingerprint density at radius 3 is 1.33 bits per heavy atom. The molecule has 0 atom stereocenters. The van der Waals surface area contributed by atoms with Crippen LogP contribution in [0.2, 0.25) is 0 Å². The summed E-state index contributed by atoms with van der Waals surface area (Å²) in [4.78, 5) is 0. The van der Waals surface area contributed by atoms with E-state index in [1.165, 1.54) is 22.3 Å². The molecule has 0 aliphatic rings. The van der Waals surface area contributed by atoms with Crippen molar-refractivity contribution in [2.75, 3.05) is 0 Å². The first kappa shape index (κ1) is 35.3. The minimum absolute atomic E-state index is 0.881. The van der Waals surface area contributed by atoms with Crippen molar-refractivity contribution in [3.05, 3.63) is 192 Å². The number of hydrogen-bond acceptors (Lipinski definition) is 3. The normalized spacial score (nSPS) is 11.9. The fourth-order valence-electron chi connectivity index (χ4n) is 9.48. The van der Waals surface area contributed by atoms with Crippen LogP contribution in [0, 0.1) is 27.7 Å². The van der Waals surface area contributed by atoms with Crippen LogP contribution >= 0.6 is 0 Å². The fourth-order valence-corrected chi connectivity index (χ4v) is 9.48. The van der Waals surface area contributed by atoms with Gasteiger partial charge in [-0.05, 0) is 145 Å². The molecule has 9 aromatic carbocycles. The molecule has 0 saturated carbocycles. The molecule has 0 aliphatic heterocycles. The van der Waals surface area contributed by atoms with Crippen molar-refractivity contribution in [1.29, 1.82) is 0 Å². The van der Waals surface area contributed by atoms with Crippen molar-refractivity contribution >= 4 is 65.8 Å². The highest BCUT2D eigenvalue weighted by molar-refractivity contribution is 6.14. The standard InChI is InChI=1S/C58H40O3/c1-33-16-19-53-48(24-33)45-15-9-14-44(56(45)59-53)43-23-36(4)22-40(28-43)42-30-47(58-52(32-42)50-26-35(3)18-21-55(50)61-58)39-13-8-12-38(27-39)41-29-46(37-10-6-5-7-11-37)57-51(31-41)49-25-34(2)17-20-54(49)60-57/h5-32H,1-4H3. The summed E-state index contributed by atoms with van der Waals surface area (Å²) in [5.41, 5.74) is 21.2. The molecule has 3 aromatic heterocycles. The zero-order valence-corrected chi connectivity index (χ0v) is 34.4. The molecule has 290 valence electrons. The van der Waals surface area contributed by atoms with Gasteiger partial charge in [-0.1, -0.05) is 114 Å². The van der Waals surface area contributed by atoms with Gasteiger partial charge in [-0.2, -0.15) is 0 Å². The van der Waals surface area contributed by atoms with Crippen molar-refractivity contribution < 1.29 is 13.3 Å². The Balaban J connectivity index is 1.06. The summed E-state index contributed by atoms with van der Waals surface area (Å²) in [7, 11) is 0. The molecule has 0 radical (unpaired) electrons. The zero-order chi connectivity index (χ0) is 40.9. The zero-order valence-electron chi connectivity index (χ0n) is 34.4. The second-order valence-electron chi connectivity index (χ2n) is 16.8. The average Bonchev–Trinajstić information content (AvgIpc) is 3.96. The maximum Gasteiger partial charge on any atom is 0.143 e. The van der Waals surface area contributed by atoms with E-state index in [2.05, 4.69) is 198 Å². The molecule has 3 heterocycles. The van der Waals surface area contributed by atoms with Crippen molar-refractivity contribution in [3.63, 3.8) is 0 Å². The highest BCUT2D eigenvalue weighted by atomic mass is 16.3. The lowest BCUT2D eigenvalue weighted by molar-refractivity contribution is 0.669. The number of hydrogen-bond donors (Lipinski definition) is 0. The Morgan fingerprint density at radius 1 is 0.246 bits per heavy atom. The molecule has 3 nitrogen and oxygen atoms in total. The summed E-state index contributed by atoms with van der Waals surface area (Å²) in [6, 6.07) is 61.3. The minimum atomic E-state index is 0.881. The molecule has 0 fully saturated rings. The van der Waals surface area contributed by atoms with E-state index in [4.69, 9.17) is 13.3 Å². The molecular weight excluding hydrogens is 745 g/mol. The molecular formula is C58H40O3. The third kappa shape index (κ3) is 5.80. The van der Waals surface area contributed by atoms with Crippen molar-refractivity contribution in [1.82, 2.24) is 0 Å². The van der Waals surface area contributed by atoms with Crippen molar-refractivity contribution in [2.24, 2.45) is 0 Å². The predicted octanol–water partition coefficient (Wildman–Crippen LogP) is 17.0. The van der Waals surface area contributed by atoms with Gasteiger partial charge in [-0.3, -0.25) is 0 Å². The van der Waals surface area contributed by atoms with E-state index in [0.717, 1.165) is 121 Å². The van der Waals surface area contributed by atoms with Crippen LogP contribution < -0.4 is 0 Å². The van der Waals surface area contributed by atoms with E-state index in [0.29, 0.717) is 0 Å². The van der Waals surface area contributed by atoms with Gasteiger partial charge >= 0.3 is 0 Å². The molecule has 0 aliphatic carbocycles. The predicted molar refractivity (Wildman–Crippen MR) is 254 cm³/mol. The minimum Gasteiger partial charge on any atom is -0.455 e. The molecule has 0 unspecified atom stereocenters. The summed E-state index contributed by atoms with van der Waals surface area (Å²) in [5, 5.41) is 6.73. The third-order valence-electron chi connectivity index (χ3n) is 12.4. The van der Waals surface area contributed by atoms with E-state index in [-0.39, 0.29) is 0 Å². The first-order valence-electron chi connectivity index (χ1n) is 21.0. The van der Waals surface area contributed by atoms with E-state index in [1.807, 2.05) is 0 Å². The number of fused-ring (bicyclic) bond motifs is 9. The molecule has 12 aromatic rings. The second kappa shape index (κ2) is 13.5. The summed E-state index contributed by atoms with van der Waals surface area (Å²) in [5.74, 6) is 0. The average molecular weight is 785 g/mol. The lowest BCUT2D eigenvalue weighted by atomic mass is 9.91. The SMILES string of the molecule is Cc1cc(-c2cc(-c3cccc(-c4cc(-c5ccccc5)c5oc6ccc(C)cc6c5c4)c3)c3oc4ccc(C)cc4c3c2)cc(-c2cccc3c2oc2ccc(C)cc23)c1. The van der Waals surface area contributed by atoms with Gasteiger partial charge in [0.1, 0.15) is 33.5 Å². The first-order chi connectivity index (χ1) is 29.8. The summed E-state index contributed by atoms with van der Waals surface area (Å²) >= 11 is 0. The Bertz CT molecular complexity index is 3740.